The van der Waals surface area contributed by atoms with E-state index in [-0.39, 0.29) is 17.3 Å². The maximum atomic E-state index is 17.5. The molecule has 0 saturated carbocycles. The van der Waals surface area contributed by atoms with Crippen molar-refractivity contribution in [2.75, 3.05) is 4.90 Å². The number of rotatable bonds is 5. The van der Waals surface area contributed by atoms with Gasteiger partial charge in [-0.25, -0.2) is 4.39 Å². The van der Waals surface area contributed by atoms with E-state index in [2.05, 4.69) is 4.40 Å². The van der Waals surface area contributed by atoms with Crippen molar-refractivity contribution in [1.29, 1.82) is 0 Å². The van der Waals surface area contributed by atoms with Gasteiger partial charge in [0, 0.05) is 23.4 Å². The van der Waals surface area contributed by atoms with Crippen LogP contribution in [0.15, 0.2) is 112 Å². The van der Waals surface area contributed by atoms with Gasteiger partial charge in [-0.3, -0.25) is 0 Å². The topological polar surface area (TPSA) is 49.7 Å². The van der Waals surface area contributed by atoms with E-state index < -0.39 is 15.7 Å². The molecule has 35 heavy (non-hydrogen) atoms. The molecule has 0 fully saturated rings. The van der Waals surface area contributed by atoms with E-state index in [1.807, 2.05) is 68.4 Å². The van der Waals surface area contributed by atoms with Gasteiger partial charge in [0.2, 0.25) is 5.67 Å². The zero-order valence-electron chi connectivity index (χ0n) is 19.5. The molecule has 1 aliphatic rings. The summed E-state index contributed by atoms with van der Waals surface area (Å²) in [7, 11) is -4.18. The fourth-order valence-electron chi connectivity index (χ4n) is 4.40. The van der Waals surface area contributed by atoms with Gasteiger partial charge in [-0.2, -0.15) is 8.42 Å². The first-order valence-electron chi connectivity index (χ1n) is 11.4. The minimum atomic E-state index is -4.18. The van der Waals surface area contributed by atoms with Crippen LogP contribution in [0, 0.1) is 13.8 Å². The average Bonchev–Trinajstić information content (AvgIpc) is 3.09. The van der Waals surface area contributed by atoms with Crippen LogP contribution >= 0.6 is 0 Å². The number of sulfonamides is 1. The van der Waals surface area contributed by atoms with Crippen LogP contribution in [0.1, 0.15) is 27.8 Å². The molecule has 1 unspecified atom stereocenters. The second-order valence-electron chi connectivity index (χ2n) is 8.82. The number of amidine groups is 1. The van der Waals surface area contributed by atoms with E-state index >= 15 is 4.39 Å². The number of anilines is 1. The first-order valence-corrected chi connectivity index (χ1v) is 12.8. The summed E-state index contributed by atoms with van der Waals surface area (Å²) in [6, 6.07) is 30.1. The van der Waals surface area contributed by atoms with Crippen molar-refractivity contribution < 1.29 is 12.8 Å². The molecule has 4 aromatic rings. The summed E-state index contributed by atoms with van der Waals surface area (Å²) in [5.74, 6) is -0.160. The van der Waals surface area contributed by atoms with Gasteiger partial charge in [0.25, 0.3) is 10.0 Å². The number of nitrogens with zero attached hydrogens (tertiary/aromatic N) is 2. The summed E-state index contributed by atoms with van der Waals surface area (Å²) in [5.41, 5.74) is 1.89. The standard InChI is InChI=1S/C29H25FN2O2S/c1-21-12-16-24(17-13-21)29(30)26-10-6-7-11-27(26)32(20-23-8-4-3-5-9-23)28(29)31-35(33,34)25-18-14-22(2)15-19-25/h3-19H,20H2,1-2H3/b31-28-. The predicted octanol–water partition coefficient (Wildman–Crippen LogP) is 6.32. The lowest BCUT2D eigenvalue weighted by molar-refractivity contribution is 0.326. The van der Waals surface area contributed by atoms with Crippen molar-refractivity contribution >= 4 is 21.5 Å². The Morgan fingerprint density at radius 1 is 0.771 bits per heavy atom. The minimum Gasteiger partial charge on any atom is -0.321 e. The third-order valence-corrected chi connectivity index (χ3v) is 7.57. The molecule has 1 heterocycles. The van der Waals surface area contributed by atoms with E-state index in [1.165, 1.54) is 12.1 Å². The molecule has 1 atom stereocenters. The molecule has 0 spiro atoms. The molecule has 0 radical (unpaired) electrons. The highest BCUT2D eigenvalue weighted by Gasteiger charge is 2.52. The molecule has 0 aliphatic carbocycles. The van der Waals surface area contributed by atoms with Crippen molar-refractivity contribution in [2.45, 2.75) is 31.0 Å². The highest BCUT2D eigenvalue weighted by Crippen LogP contribution is 2.49. The van der Waals surface area contributed by atoms with Crippen LogP contribution in [-0.4, -0.2) is 14.3 Å². The third-order valence-electron chi connectivity index (χ3n) is 6.29. The van der Waals surface area contributed by atoms with Crippen molar-refractivity contribution in [3.8, 4) is 0 Å². The second-order valence-corrected chi connectivity index (χ2v) is 10.4. The van der Waals surface area contributed by atoms with Crippen LogP contribution in [0.3, 0.4) is 0 Å². The highest BCUT2D eigenvalue weighted by molar-refractivity contribution is 7.90. The molecule has 6 heteroatoms. The smallest absolute Gasteiger partial charge is 0.284 e. The number of hydrogen-bond acceptors (Lipinski definition) is 2. The Morgan fingerprint density at radius 2 is 1.34 bits per heavy atom. The summed E-state index contributed by atoms with van der Waals surface area (Å²) in [6.45, 7) is 4.08. The molecule has 0 N–H and O–H groups in total. The Labute approximate surface area is 205 Å². The second kappa shape index (κ2) is 8.78. The Morgan fingerprint density at radius 3 is 2.00 bits per heavy atom. The summed E-state index contributed by atoms with van der Waals surface area (Å²) >= 11 is 0. The lowest BCUT2D eigenvalue weighted by atomic mass is 9.88. The van der Waals surface area contributed by atoms with Gasteiger partial charge < -0.3 is 4.90 Å². The fourth-order valence-corrected chi connectivity index (χ4v) is 5.44. The largest absolute Gasteiger partial charge is 0.321 e. The average molecular weight is 485 g/mol. The highest BCUT2D eigenvalue weighted by atomic mass is 32.2. The summed E-state index contributed by atoms with van der Waals surface area (Å²) in [5, 5.41) is 0. The third kappa shape index (κ3) is 4.15. The van der Waals surface area contributed by atoms with E-state index in [1.54, 1.807) is 41.3 Å². The van der Waals surface area contributed by atoms with Gasteiger partial charge in [-0.05, 0) is 37.6 Å². The molecule has 1 aliphatic heterocycles. The van der Waals surface area contributed by atoms with Gasteiger partial charge in [0.05, 0.1) is 4.90 Å². The Hall–Kier alpha value is -3.77. The summed E-state index contributed by atoms with van der Waals surface area (Å²) in [6.07, 6.45) is 0. The monoisotopic (exact) mass is 484 g/mol. The van der Waals surface area contributed by atoms with Crippen LogP contribution in [0.5, 0.6) is 0 Å². The van der Waals surface area contributed by atoms with Crippen molar-refractivity contribution in [2.24, 2.45) is 4.40 Å². The van der Waals surface area contributed by atoms with Crippen molar-refractivity contribution in [1.82, 2.24) is 0 Å². The Bertz CT molecular complexity index is 1500. The van der Waals surface area contributed by atoms with E-state index in [0.717, 1.165) is 16.7 Å². The number of halogens is 1. The molecule has 0 aromatic heterocycles. The lowest BCUT2D eigenvalue weighted by Gasteiger charge is -2.26. The van der Waals surface area contributed by atoms with Gasteiger partial charge in [-0.1, -0.05) is 96.1 Å². The van der Waals surface area contributed by atoms with Crippen molar-refractivity contribution in [3.05, 3.63) is 131 Å². The molecule has 0 amide bonds. The molecule has 4 nitrogen and oxygen atoms in total. The lowest BCUT2D eigenvalue weighted by Crippen LogP contribution is -2.39. The normalized spacial score (nSPS) is 18.6. The zero-order chi connectivity index (χ0) is 24.6. The van der Waals surface area contributed by atoms with Gasteiger partial charge in [0.15, 0.2) is 5.84 Å². The molecular weight excluding hydrogens is 459 g/mol. The number of alkyl halides is 1. The predicted molar refractivity (Wildman–Crippen MR) is 138 cm³/mol. The molecule has 5 rings (SSSR count). The number of fused-ring (bicyclic) bond motifs is 1. The fraction of sp³-hybridized carbons (Fsp3) is 0.138. The first kappa shape index (κ1) is 23.0. The van der Waals surface area contributed by atoms with Crippen molar-refractivity contribution in [3.63, 3.8) is 0 Å². The number of aryl methyl sites for hydroxylation is 2. The minimum absolute atomic E-state index is 0.0254. The van der Waals surface area contributed by atoms with Crippen LogP contribution in [0.25, 0.3) is 0 Å². The van der Waals surface area contributed by atoms with E-state index in [9.17, 15) is 8.42 Å². The number of benzene rings is 4. The van der Waals surface area contributed by atoms with E-state index in [0.29, 0.717) is 16.8 Å². The van der Waals surface area contributed by atoms with Crippen LogP contribution in [-0.2, 0) is 22.2 Å². The molecular formula is C29H25FN2O2S. The Balaban J connectivity index is 1.75. The molecule has 4 aromatic carbocycles. The maximum absolute atomic E-state index is 17.5. The van der Waals surface area contributed by atoms with Gasteiger partial charge in [0.1, 0.15) is 0 Å². The number of hydrogen-bond donors (Lipinski definition) is 0. The SMILES string of the molecule is Cc1ccc(C2(F)/C(=N/S(=O)(=O)c3ccc(C)cc3)N(Cc3ccccc3)c3ccccc32)cc1. The van der Waals surface area contributed by atoms with Crippen LogP contribution in [0.2, 0.25) is 0 Å². The molecule has 0 bridgehead atoms. The van der Waals surface area contributed by atoms with Gasteiger partial charge in [-0.15, -0.1) is 4.40 Å². The number of para-hydroxylation sites is 1. The summed E-state index contributed by atoms with van der Waals surface area (Å²) < 4.78 is 48.5. The zero-order valence-corrected chi connectivity index (χ0v) is 20.3. The maximum Gasteiger partial charge on any atom is 0.284 e. The summed E-state index contributed by atoms with van der Waals surface area (Å²) in [4.78, 5) is 1.70. The van der Waals surface area contributed by atoms with Gasteiger partial charge >= 0.3 is 0 Å². The molecule has 0 saturated heterocycles. The quantitative estimate of drug-likeness (QED) is 0.333. The molecule has 176 valence electrons. The Kier molecular flexibility index (Phi) is 5.77. The first-order chi connectivity index (χ1) is 16.8. The van der Waals surface area contributed by atoms with E-state index in [4.69, 9.17) is 0 Å². The van der Waals surface area contributed by atoms with Crippen LogP contribution < -0.4 is 4.90 Å². The van der Waals surface area contributed by atoms with Crippen LogP contribution in [0.4, 0.5) is 10.1 Å².